The minimum absolute atomic E-state index is 0.0450. The lowest BCUT2D eigenvalue weighted by molar-refractivity contribution is -0.858. The molecular formula is C25H41N4O2+. The zero-order valence-corrected chi connectivity index (χ0v) is 19.5. The van der Waals surface area contributed by atoms with Gasteiger partial charge >= 0.3 is 0 Å². The van der Waals surface area contributed by atoms with Crippen LogP contribution in [0.1, 0.15) is 74.6 Å². The molecule has 2 fully saturated rings. The Morgan fingerprint density at radius 2 is 1.81 bits per heavy atom. The molecule has 31 heavy (non-hydrogen) atoms. The van der Waals surface area contributed by atoms with E-state index in [9.17, 15) is 9.59 Å². The smallest absolute Gasteiger partial charge is 0.253 e. The molecule has 172 valence electrons. The quantitative estimate of drug-likeness (QED) is 0.501. The van der Waals surface area contributed by atoms with Gasteiger partial charge in [-0.1, -0.05) is 25.7 Å². The van der Waals surface area contributed by atoms with Gasteiger partial charge in [0.05, 0.1) is 26.2 Å². The fourth-order valence-electron chi connectivity index (χ4n) is 4.80. The van der Waals surface area contributed by atoms with Crippen molar-refractivity contribution in [2.24, 2.45) is 5.92 Å². The molecule has 2 amide bonds. The number of quaternary nitrogens is 1. The van der Waals surface area contributed by atoms with E-state index in [4.69, 9.17) is 0 Å². The summed E-state index contributed by atoms with van der Waals surface area (Å²) in [5.74, 6) is 0.715. The Balaban J connectivity index is 1.65. The van der Waals surface area contributed by atoms with Crippen molar-refractivity contribution in [1.29, 1.82) is 0 Å². The highest BCUT2D eigenvalue weighted by Gasteiger charge is 2.20. The number of amides is 2. The van der Waals surface area contributed by atoms with Crippen LogP contribution in [0, 0.1) is 5.92 Å². The van der Waals surface area contributed by atoms with Crippen molar-refractivity contribution >= 4 is 23.2 Å². The van der Waals surface area contributed by atoms with Gasteiger partial charge in [0.25, 0.3) is 5.91 Å². The van der Waals surface area contributed by atoms with Crippen molar-refractivity contribution in [2.45, 2.75) is 64.2 Å². The summed E-state index contributed by atoms with van der Waals surface area (Å²) in [5, 5.41) is 6.12. The molecule has 1 aliphatic heterocycles. The first-order chi connectivity index (χ1) is 15.0. The minimum atomic E-state index is -0.0450. The zero-order chi connectivity index (χ0) is 22.1. The molecule has 0 radical (unpaired) electrons. The Bertz CT molecular complexity index is 722. The number of anilines is 2. The fourth-order valence-corrected chi connectivity index (χ4v) is 4.80. The monoisotopic (exact) mass is 429 g/mol. The highest BCUT2D eigenvalue weighted by molar-refractivity contribution is 6.02. The number of hydrogen-bond acceptors (Lipinski definition) is 3. The topological polar surface area (TPSA) is 65.9 Å². The predicted octanol–water partition coefficient (Wildman–Crippen LogP) is 2.85. The Kier molecular flexibility index (Phi) is 9.19. The minimum Gasteiger partial charge on any atom is -0.371 e. The van der Waals surface area contributed by atoms with Crippen LogP contribution in [-0.4, -0.2) is 52.1 Å². The fraction of sp³-hybridized carbons (Fsp3) is 0.680. The molecule has 0 spiro atoms. The molecule has 6 nitrogen and oxygen atoms in total. The van der Waals surface area contributed by atoms with E-state index in [1.54, 1.807) is 0 Å². The molecule has 1 heterocycles. The molecule has 0 aromatic heterocycles. The third kappa shape index (κ3) is 7.53. The molecule has 1 saturated heterocycles. The first-order valence-corrected chi connectivity index (χ1v) is 12.3. The molecule has 3 rings (SSSR count). The number of hydrogen-bond donors (Lipinski definition) is 3. The van der Waals surface area contributed by atoms with E-state index in [0.717, 1.165) is 56.7 Å². The Hall–Kier alpha value is -2.08. The van der Waals surface area contributed by atoms with Crippen LogP contribution >= 0.6 is 0 Å². The summed E-state index contributed by atoms with van der Waals surface area (Å²) in [5.41, 5.74) is 2.38. The third-order valence-corrected chi connectivity index (χ3v) is 6.62. The molecule has 1 aromatic rings. The van der Waals surface area contributed by atoms with Crippen LogP contribution in [0.2, 0.25) is 0 Å². The van der Waals surface area contributed by atoms with Crippen LogP contribution in [0.5, 0.6) is 0 Å². The van der Waals surface area contributed by atoms with Gasteiger partial charge in [-0.15, -0.1) is 0 Å². The molecule has 1 saturated carbocycles. The van der Waals surface area contributed by atoms with E-state index in [1.807, 2.05) is 18.2 Å². The summed E-state index contributed by atoms with van der Waals surface area (Å²) >= 11 is 0. The van der Waals surface area contributed by atoms with Crippen molar-refractivity contribution in [1.82, 2.24) is 5.32 Å². The van der Waals surface area contributed by atoms with Crippen molar-refractivity contribution < 1.29 is 14.5 Å². The highest BCUT2D eigenvalue weighted by Crippen LogP contribution is 2.29. The lowest BCUT2D eigenvalue weighted by atomic mass is 10.0. The molecule has 2 aliphatic rings. The van der Waals surface area contributed by atoms with Gasteiger partial charge in [0, 0.05) is 43.9 Å². The standard InChI is InChI=1S/C25H40N4O2/c1-28(2)16-8-15-26-25(31)22-19-21(12-13-23(22)29-17-6-3-7-18-29)27-24(30)14-11-20-9-4-5-10-20/h12-13,19-20H,3-11,14-18H2,1-2H3,(H,26,31)(H,27,30)/p+1. The first kappa shape index (κ1) is 23.6. The van der Waals surface area contributed by atoms with Crippen LogP contribution in [0.3, 0.4) is 0 Å². The summed E-state index contributed by atoms with van der Waals surface area (Å²) < 4.78 is 0. The average molecular weight is 430 g/mol. The number of nitrogens with zero attached hydrogens (tertiary/aromatic N) is 1. The van der Waals surface area contributed by atoms with Crippen LogP contribution in [-0.2, 0) is 4.79 Å². The first-order valence-electron chi connectivity index (χ1n) is 12.3. The average Bonchev–Trinajstić information content (AvgIpc) is 3.29. The summed E-state index contributed by atoms with van der Waals surface area (Å²) in [4.78, 5) is 29.2. The number of carbonyl (C=O) groups is 2. The number of carbonyl (C=O) groups excluding carboxylic acids is 2. The summed E-state index contributed by atoms with van der Waals surface area (Å²) in [6, 6.07) is 5.82. The number of piperidine rings is 1. The summed E-state index contributed by atoms with van der Waals surface area (Å²) in [6.45, 7) is 3.66. The van der Waals surface area contributed by atoms with Crippen molar-refractivity contribution in [3.05, 3.63) is 23.8 Å². The third-order valence-electron chi connectivity index (χ3n) is 6.62. The second-order valence-electron chi connectivity index (χ2n) is 9.58. The number of nitrogens with one attached hydrogen (secondary N) is 3. The van der Waals surface area contributed by atoms with Gasteiger partial charge in [0.2, 0.25) is 5.91 Å². The molecule has 0 bridgehead atoms. The molecule has 3 N–H and O–H groups in total. The molecule has 6 heteroatoms. The van der Waals surface area contributed by atoms with Crippen molar-refractivity contribution in [3.63, 3.8) is 0 Å². The predicted molar refractivity (Wildman–Crippen MR) is 127 cm³/mol. The Morgan fingerprint density at radius 1 is 1.06 bits per heavy atom. The van der Waals surface area contributed by atoms with E-state index in [1.165, 1.54) is 37.0 Å². The van der Waals surface area contributed by atoms with E-state index in [2.05, 4.69) is 29.6 Å². The normalized spacial score (nSPS) is 17.2. The molecule has 1 aliphatic carbocycles. The van der Waals surface area contributed by atoms with Crippen molar-refractivity contribution in [3.8, 4) is 0 Å². The van der Waals surface area contributed by atoms with Crippen molar-refractivity contribution in [2.75, 3.05) is 50.5 Å². The maximum absolute atomic E-state index is 13.0. The molecule has 0 unspecified atom stereocenters. The molecule has 1 aromatic carbocycles. The second kappa shape index (κ2) is 12.1. The van der Waals surface area contributed by atoms with E-state index < -0.39 is 0 Å². The van der Waals surface area contributed by atoms with Gasteiger partial charge < -0.3 is 20.4 Å². The van der Waals surface area contributed by atoms with Gasteiger partial charge in [-0.25, -0.2) is 0 Å². The molecular weight excluding hydrogens is 388 g/mol. The lowest BCUT2D eigenvalue weighted by Gasteiger charge is -2.30. The van der Waals surface area contributed by atoms with E-state index in [-0.39, 0.29) is 11.8 Å². The second-order valence-corrected chi connectivity index (χ2v) is 9.58. The van der Waals surface area contributed by atoms with E-state index >= 15 is 0 Å². The molecule has 0 atom stereocenters. The van der Waals surface area contributed by atoms with Crippen LogP contribution in [0.4, 0.5) is 11.4 Å². The summed E-state index contributed by atoms with van der Waals surface area (Å²) in [7, 11) is 4.24. The largest absolute Gasteiger partial charge is 0.371 e. The van der Waals surface area contributed by atoms with Crippen LogP contribution in [0.25, 0.3) is 0 Å². The number of rotatable bonds is 10. The van der Waals surface area contributed by atoms with Gasteiger partial charge in [-0.05, 0) is 49.8 Å². The zero-order valence-electron chi connectivity index (χ0n) is 19.5. The van der Waals surface area contributed by atoms with Gasteiger partial charge in [-0.2, -0.15) is 0 Å². The van der Waals surface area contributed by atoms with Crippen LogP contribution < -0.4 is 20.4 Å². The summed E-state index contributed by atoms with van der Waals surface area (Å²) in [6.07, 6.45) is 11.2. The lowest BCUT2D eigenvalue weighted by Crippen LogP contribution is -3.05. The maximum atomic E-state index is 13.0. The maximum Gasteiger partial charge on any atom is 0.253 e. The van der Waals surface area contributed by atoms with Gasteiger partial charge in [0.1, 0.15) is 0 Å². The van der Waals surface area contributed by atoms with Gasteiger partial charge in [0.15, 0.2) is 0 Å². The SMILES string of the molecule is C[NH+](C)CCCNC(=O)c1cc(NC(=O)CCC2CCCC2)ccc1N1CCCCC1. The van der Waals surface area contributed by atoms with Gasteiger partial charge in [-0.3, -0.25) is 9.59 Å². The van der Waals surface area contributed by atoms with Crippen LogP contribution in [0.15, 0.2) is 18.2 Å². The Morgan fingerprint density at radius 3 is 2.52 bits per heavy atom. The highest BCUT2D eigenvalue weighted by atomic mass is 16.2. The Labute approximate surface area is 187 Å². The number of benzene rings is 1. The van der Waals surface area contributed by atoms with E-state index in [0.29, 0.717) is 24.4 Å².